The van der Waals surface area contributed by atoms with Gasteiger partial charge in [0.2, 0.25) is 5.91 Å². The second-order valence-corrected chi connectivity index (χ2v) is 9.71. The molecule has 2 heterocycles. The first-order chi connectivity index (χ1) is 18.0. The van der Waals surface area contributed by atoms with Crippen molar-refractivity contribution < 1.29 is 22.7 Å². The number of amides is 1. The number of nitrogens with one attached hydrogen (secondary N) is 1. The number of benzene rings is 2. The van der Waals surface area contributed by atoms with E-state index in [0.717, 1.165) is 5.69 Å². The number of carbonyl (C=O) groups excluding carboxylic acids is 1. The van der Waals surface area contributed by atoms with Crippen LogP contribution in [0.15, 0.2) is 47.3 Å². The van der Waals surface area contributed by atoms with Crippen molar-refractivity contribution in [2.24, 2.45) is 0 Å². The molecule has 0 spiro atoms. The van der Waals surface area contributed by atoms with E-state index in [4.69, 9.17) is 9.72 Å². The summed E-state index contributed by atoms with van der Waals surface area (Å²) in [6.07, 6.45) is -3.67. The quantitative estimate of drug-likeness (QED) is 0.501. The fraction of sp³-hybridized carbons (Fsp3) is 0.444. The van der Waals surface area contributed by atoms with Gasteiger partial charge in [-0.05, 0) is 50.6 Å². The molecule has 0 atom stereocenters. The molecule has 8 nitrogen and oxygen atoms in total. The molecule has 3 aromatic rings. The van der Waals surface area contributed by atoms with E-state index in [1.54, 1.807) is 43.5 Å². The molecule has 38 heavy (non-hydrogen) atoms. The Hall–Kier alpha value is -3.60. The fourth-order valence-corrected chi connectivity index (χ4v) is 4.69. The molecule has 1 aromatic heterocycles. The van der Waals surface area contributed by atoms with Crippen molar-refractivity contribution in [2.45, 2.75) is 39.0 Å². The SMILES string of the molecule is COc1cccc(-c2nc3ccc(N4CCCN(CC(F)(F)F)CC4)cc3c(=O)n2CC(=O)NC(C)C)c1. The summed E-state index contributed by atoms with van der Waals surface area (Å²) in [5.41, 5.74) is 1.45. The van der Waals surface area contributed by atoms with Crippen molar-refractivity contribution >= 4 is 22.5 Å². The van der Waals surface area contributed by atoms with Gasteiger partial charge >= 0.3 is 6.18 Å². The Kier molecular flexibility index (Phi) is 8.25. The van der Waals surface area contributed by atoms with Crippen LogP contribution in [-0.4, -0.2) is 72.4 Å². The highest BCUT2D eigenvalue weighted by molar-refractivity contribution is 5.84. The third kappa shape index (κ3) is 6.63. The van der Waals surface area contributed by atoms with Crippen LogP contribution >= 0.6 is 0 Å². The highest BCUT2D eigenvalue weighted by Crippen LogP contribution is 2.26. The van der Waals surface area contributed by atoms with Gasteiger partial charge in [0.1, 0.15) is 18.1 Å². The number of rotatable bonds is 7. The van der Waals surface area contributed by atoms with Crippen LogP contribution in [-0.2, 0) is 11.3 Å². The number of hydrogen-bond donors (Lipinski definition) is 1. The highest BCUT2D eigenvalue weighted by Gasteiger charge is 2.31. The molecule has 1 fully saturated rings. The Morgan fingerprint density at radius 1 is 1.11 bits per heavy atom. The Labute approximate surface area is 219 Å². The van der Waals surface area contributed by atoms with Crippen LogP contribution in [0.1, 0.15) is 20.3 Å². The zero-order valence-corrected chi connectivity index (χ0v) is 21.7. The summed E-state index contributed by atoms with van der Waals surface area (Å²) in [4.78, 5) is 34.6. The van der Waals surface area contributed by atoms with Crippen LogP contribution in [0.3, 0.4) is 0 Å². The molecule has 0 aliphatic carbocycles. The molecule has 11 heteroatoms. The van der Waals surface area contributed by atoms with Gasteiger partial charge in [0.05, 0.1) is 24.6 Å². The number of hydrogen-bond acceptors (Lipinski definition) is 6. The van der Waals surface area contributed by atoms with Gasteiger partial charge in [-0.25, -0.2) is 4.98 Å². The largest absolute Gasteiger partial charge is 0.497 e. The van der Waals surface area contributed by atoms with Crippen molar-refractivity contribution in [3.8, 4) is 17.1 Å². The van der Waals surface area contributed by atoms with Crippen molar-refractivity contribution in [3.05, 3.63) is 52.8 Å². The Morgan fingerprint density at radius 3 is 2.61 bits per heavy atom. The summed E-state index contributed by atoms with van der Waals surface area (Å²) in [7, 11) is 1.54. The number of anilines is 1. The molecule has 2 aromatic carbocycles. The van der Waals surface area contributed by atoms with Gasteiger partial charge in [-0.3, -0.25) is 19.1 Å². The van der Waals surface area contributed by atoms with Crippen LogP contribution in [0, 0.1) is 0 Å². The number of aromatic nitrogens is 2. The number of carbonyl (C=O) groups is 1. The lowest BCUT2D eigenvalue weighted by Gasteiger charge is -2.24. The number of methoxy groups -OCH3 is 1. The Bertz CT molecular complexity index is 1360. The molecular weight excluding hydrogens is 499 g/mol. The summed E-state index contributed by atoms with van der Waals surface area (Å²) >= 11 is 0. The van der Waals surface area contributed by atoms with Crippen molar-refractivity contribution in [2.75, 3.05) is 44.7 Å². The summed E-state index contributed by atoms with van der Waals surface area (Å²) in [5.74, 6) is 0.609. The van der Waals surface area contributed by atoms with Gasteiger partial charge in [0, 0.05) is 43.5 Å². The molecule has 0 bridgehead atoms. The fourth-order valence-electron chi connectivity index (χ4n) is 4.69. The zero-order valence-electron chi connectivity index (χ0n) is 21.7. The predicted octanol–water partition coefficient (Wildman–Crippen LogP) is 3.67. The molecule has 1 aliphatic heterocycles. The number of halogens is 3. The molecule has 0 radical (unpaired) electrons. The van der Waals surface area contributed by atoms with E-state index < -0.39 is 12.7 Å². The smallest absolute Gasteiger partial charge is 0.401 e. The third-order valence-electron chi connectivity index (χ3n) is 6.37. The molecular formula is C27H32F3N5O3. The molecule has 204 valence electrons. The van der Waals surface area contributed by atoms with Crippen molar-refractivity contribution in [3.63, 3.8) is 0 Å². The first-order valence-electron chi connectivity index (χ1n) is 12.6. The molecule has 1 N–H and O–H groups in total. The molecule has 0 saturated carbocycles. The molecule has 1 amide bonds. The van der Waals surface area contributed by atoms with Gasteiger partial charge in [-0.1, -0.05) is 12.1 Å². The van der Waals surface area contributed by atoms with Crippen LogP contribution in [0.5, 0.6) is 5.75 Å². The van der Waals surface area contributed by atoms with Gasteiger partial charge in [-0.2, -0.15) is 13.2 Å². The lowest BCUT2D eigenvalue weighted by atomic mass is 10.1. The Balaban J connectivity index is 1.73. The van der Waals surface area contributed by atoms with Crippen LogP contribution in [0.2, 0.25) is 0 Å². The molecule has 1 aliphatic rings. The van der Waals surface area contributed by atoms with Crippen LogP contribution < -0.4 is 20.5 Å². The standard InChI is InChI=1S/C27H32F3N5O3/c1-18(2)31-24(36)16-35-25(19-6-4-7-21(14-19)38-3)32-23-9-8-20(15-22(23)26(35)37)34-11-5-10-33(12-13-34)17-27(28,29)30/h4,6-9,14-15,18H,5,10-13,16-17H2,1-3H3,(H,31,36). The van der Waals surface area contributed by atoms with Gasteiger partial charge in [0.25, 0.3) is 5.56 Å². The average molecular weight is 532 g/mol. The van der Waals surface area contributed by atoms with E-state index in [9.17, 15) is 22.8 Å². The highest BCUT2D eigenvalue weighted by atomic mass is 19.4. The van der Waals surface area contributed by atoms with E-state index in [1.165, 1.54) is 9.47 Å². The van der Waals surface area contributed by atoms with Crippen LogP contribution in [0.4, 0.5) is 18.9 Å². The monoisotopic (exact) mass is 531 g/mol. The topological polar surface area (TPSA) is 79.7 Å². The number of ether oxygens (including phenoxy) is 1. The van der Waals surface area contributed by atoms with Crippen molar-refractivity contribution in [1.82, 2.24) is 19.8 Å². The zero-order chi connectivity index (χ0) is 27.4. The maximum absolute atomic E-state index is 13.8. The second-order valence-electron chi connectivity index (χ2n) is 9.71. The number of nitrogens with zero attached hydrogens (tertiary/aromatic N) is 4. The van der Waals surface area contributed by atoms with E-state index in [-0.39, 0.29) is 30.6 Å². The summed E-state index contributed by atoms with van der Waals surface area (Å²) in [6.45, 7) is 4.13. The predicted molar refractivity (Wildman–Crippen MR) is 141 cm³/mol. The lowest BCUT2D eigenvalue weighted by Crippen LogP contribution is -2.37. The lowest BCUT2D eigenvalue weighted by molar-refractivity contribution is -0.145. The van der Waals surface area contributed by atoms with Crippen LogP contribution in [0.25, 0.3) is 22.3 Å². The Morgan fingerprint density at radius 2 is 1.89 bits per heavy atom. The van der Waals surface area contributed by atoms with Gasteiger partial charge in [0.15, 0.2) is 0 Å². The average Bonchev–Trinajstić information content (AvgIpc) is 3.09. The maximum Gasteiger partial charge on any atom is 0.401 e. The summed E-state index contributed by atoms with van der Waals surface area (Å²) in [6, 6.07) is 12.3. The van der Waals surface area contributed by atoms with Gasteiger partial charge < -0.3 is 15.0 Å². The second kappa shape index (κ2) is 11.4. The first kappa shape index (κ1) is 27.4. The minimum atomic E-state index is -4.24. The minimum Gasteiger partial charge on any atom is -0.497 e. The maximum atomic E-state index is 13.8. The van der Waals surface area contributed by atoms with E-state index in [1.807, 2.05) is 24.8 Å². The number of alkyl halides is 3. The van der Waals surface area contributed by atoms with E-state index in [2.05, 4.69) is 5.32 Å². The van der Waals surface area contributed by atoms with Gasteiger partial charge in [-0.15, -0.1) is 0 Å². The number of fused-ring (bicyclic) bond motifs is 1. The van der Waals surface area contributed by atoms with E-state index in [0.29, 0.717) is 54.1 Å². The normalized spacial score (nSPS) is 15.1. The summed E-state index contributed by atoms with van der Waals surface area (Å²) in [5, 5.41) is 3.15. The van der Waals surface area contributed by atoms with E-state index >= 15 is 0 Å². The molecule has 0 unspecified atom stereocenters. The molecule has 4 rings (SSSR count). The van der Waals surface area contributed by atoms with Crippen molar-refractivity contribution in [1.29, 1.82) is 0 Å². The minimum absolute atomic E-state index is 0.0987. The first-order valence-corrected chi connectivity index (χ1v) is 12.6. The summed E-state index contributed by atoms with van der Waals surface area (Å²) < 4.78 is 45.3. The molecule has 1 saturated heterocycles. The third-order valence-corrected chi connectivity index (χ3v) is 6.37.